The van der Waals surface area contributed by atoms with Crippen LogP contribution >= 0.6 is 34.7 Å². The number of rotatable bonds is 6. The Hall–Kier alpha value is -1.54. The van der Waals surface area contributed by atoms with E-state index in [-0.39, 0.29) is 24.3 Å². The lowest BCUT2D eigenvalue weighted by molar-refractivity contribution is -0.124. The number of halogens is 1. The second kappa shape index (κ2) is 8.43. The number of fused-ring (bicyclic) bond motifs is 1. The van der Waals surface area contributed by atoms with Crippen molar-refractivity contribution < 1.29 is 9.59 Å². The summed E-state index contributed by atoms with van der Waals surface area (Å²) in [6, 6.07) is 9.56. The zero-order valence-corrected chi connectivity index (χ0v) is 16.9. The Morgan fingerprint density at radius 2 is 2.19 bits per heavy atom. The maximum Gasteiger partial charge on any atom is 0.238 e. The molecule has 138 valence electrons. The Morgan fingerprint density at radius 1 is 1.38 bits per heavy atom. The molecule has 0 saturated carbocycles. The largest absolute Gasteiger partial charge is 0.354 e. The van der Waals surface area contributed by atoms with Crippen LogP contribution in [0.15, 0.2) is 40.6 Å². The SMILES string of the molecule is CN(C)C(CNC(=O)CC1Sc2ccc(Cl)cc2NC1=O)c1cccs1. The van der Waals surface area contributed by atoms with Gasteiger partial charge in [0, 0.05) is 27.8 Å². The van der Waals surface area contributed by atoms with Gasteiger partial charge in [-0.2, -0.15) is 0 Å². The standard InChI is InChI=1S/C18H20ClN3O2S2/c1-22(2)13(15-4-3-7-25-15)10-20-17(23)9-16-18(24)21-12-8-11(19)5-6-14(12)26-16/h3-8,13,16H,9-10H2,1-2H3,(H,20,23)(H,21,24). The van der Waals surface area contributed by atoms with Crippen molar-refractivity contribution in [2.45, 2.75) is 22.6 Å². The zero-order valence-electron chi connectivity index (χ0n) is 14.5. The molecule has 0 spiro atoms. The summed E-state index contributed by atoms with van der Waals surface area (Å²) in [6.45, 7) is 0.511. The first-order valence-electron chi connectivity index (χ1n) is 8.17. The van der Waals surface area contributed by atoms with Gasteiger partial charge in [-0.25, -0.2) is 0 Å². The van der Waals surface area contributed by atoms with Gasteiger partial charge < -0.3 is 15.5 Å². The van der Waals surface area contributed by atoms with Crippen LogP contribution in [0.5, 0.6) is 0 Å². The predicted molar refractivity (Wildman–Crippen MR) is 108 cm³/mol. The molecule has 1 aromatic heterocycles. The summed E-state index contributed by atoms with van der Waals surface area (Å²) in [5.74, 6) is -0.291. The van der Waals surface area contributed by atoms with Crippen LogP contribution in [0.1, 0.15) is 17.3 Å². The lowest BCUT2D eigenvalue weighted by atomic mass is 10.2. The van der Waals surface area contributed by atoms with Crippen LogP contribution in [0.25, 0.3) is 0 Å². The van der Waals surface area contributed by atoms with Gasteiger partial charge in [-0.1, -0.05) is 17.7 Å². The first-order valence-corrected chi connectivity index (χ1v) is 10.3. The molecule has 0 aliphatic carbocycles. The fourth-order valence-corrected chi connectivity index (χ4v) is 4.91. The summed E-state index contributed by atoms with van der Waals surface area (Å²) in [4.78, 5) is 28.9. The molecular weight excluding hydrogens is 390 g/mol. The number of benzene rings is 1. The van der Waals surface area contributed by atoms with E-state index in [0.717, 1.165) is 4.90 Å². The van der Waals surface area contributed by atoms with Crippen molar-refractivity contribution >= 4 is 52.2 Å². The number of nitrogens with zero attached hydrogens (tertiary/aromatic N) is 1. The lowest BCUT2D eigenvalue weighted by Crippen LogP contribution is -2.38. The second-order valence-corrected chi connectivity index (χ2v) is 8.90. The predicted octanol–water partition coefficient (Wildman–Crippen LogP) is 3.62. The van der Waals surface area contributed by atoms with Crippen LogP contribution in [-0.2, 0) is 9.59 Å². The van der Waals surface area contributed by atoms with Gasteiger partial charge in [0.25, 0.3) is 0 Å². The highest BCUT2D eigenvalue weighted by Gasteiger charge is 2.29. The third-order valence-corrected chi connectivity index (χ3v) is 6.60. The molecule has 2 amide bonds. The zero-order chi connectivity index (χ0) is 18.7. The maximum absolute atomic E-state index is 12.4. The molecule has 5 nitrogen and oxygen atoms in total. The van der Waals surface area contributed by atoms with E-state index in [0.29, 0.717) is 17.3 Å². The molecule has 2 aromatic rings. The average Bonchev–Trinajstić information content (AvgIpc) is 3.10. The third-order valence-electron chi connectivity index (χ3n) is 4.12. The minimum Gasteiger partial charge on any atom is -0.354 e. The van der Waals surface area contributed by atoms with Crippen molar-refractivity contribution in [3.63, 3.8) is 0 Å². The van der Waals surface area contributed by atoms with E-state index < -0.39 is 5.25 Å². The summed E-state index contributed by atoms with van der Waals surface area (Å²) < 4.78 is 0. The molecule has 2 N–H and O–H groups in total. The van der Waals surface area contributed by atoms with Gasteiger partial charge in [0.1, 0.15) is 0 Å². The van der Waals surface area contributed by atoms with E-state index in [1.165, 1.54) is 16.6 Å². The Balaban J connectivity index is 1.58. The van der Waals surface area contributed by atoms with Crippen LogP contribution in [0.3, 0.4) is 0 Å². The van der Waals surface area contributed by atoms with Gasteiger partial charge in [-0.05, 0) is 43.7 Å². The molecule has 0 saturated heterocycles. The highest BCUT2D eigenvalue weighted by molar-refractivity contribution is 8.01. The summed E-state index contributed by atoms with van der Waals surface area (Å²) in [6.07, 6.45) is 0.142. The van der Waals surface area contributed by atoms with Crippen molar-refractivity contribution in [1.82, 2.24) is 10.2 Å². The Morgan fingerprint density at radius 3 is 2.88 bits per heavy atom. The highest BCUT2D eigenvalue weighted by Crippen LogP contribution is 2.38. The highest BCUT2D eigenvalue weighted by atomic mass is 35.5. The number of thioether (sulfide) groups is 1. The molecule has 2 atom stereocenters. The monoisotopic (exact) mass is 409 g/mol. The topological polar surface area (TPSA) is 61.4 Å². The molecule has 0 fully saturated rings. The number of nitrogens with one attached hydrogen (secondary N) is 2. The fourth-order valence-electron chi connectivity index (χ4n) is 2.73. The average molecular weight is 410 g/mol. The van der Waals surface area contributed by atoms with Gasteiger partial charge in [0.2, 0.25) is 11.8 Å². The Labute approximate surface area is 166 Å². The van der Waals surface area contributed by atoms with Crippen molar-refractivity contribution in [3.8, 4) is 0 Å². The Kier molecular flexibility index (Phi) is 6.24. The number of anilines is 1. The number of hydrogen-bond donors (Lipinski definition) is 2. The van der Waals surface area contributed by atoms with Gasteiger partial charge in [0.15, 0.2) is 0 Å². The van der Waals surface area contributed by atoms with Crippen LogP contribution in [0, 0.1) is 0 Å². The molecule has 1 aromatic carbocycles. The fraction of sp³-hybridized carbons (Fsp3) is 0.333. The van der Waals surface area contributed by atoms with Crippen molar-refractivity contribution in [2.75, 3.05) is 26.0 Å². The van der Waals surface area contributed by atoms with Gasteiger partial charge >= 0.3 is 0 Å². The summed E-state index contributed by atoms with van der Waals surface area (Å²) >= 11 is 9.03. The van der Waals surface area contributed by atoms with Crippen LogP contribution in [-0.4, -0.2) is 42.6 Å². The maximum atomic E-state index is 12.4. The number of hydrogen-bond acceptors (Lipinski definition) is 5. The van der Waals surface area contributed by atoms with Crippen LogP contribution < -0.4 is 10.6 Å². The summed E-state index contributed by atoms with van der Waals surface area (Å²) in [7, 11) is 3.98. The van der Waals surface area contributed by atoms with E-state index in [2.05, 4.69) is 21.6 Å². The minimum absolute atomic E-state index is 0.120. The molecule has 2 heterocycles. The molecule has 0 bridgehead atoms. The molecule has 8 heteroatoms. The summed E-state index contributed by atoms with van der Waals surface area (Å²) in [5.41, 5.74) is 0.703. The molecule has 0 radical (unpaired) electrons. The molecule has 2 unspecified atom stereocenters. The minimum atomic E-state index is -0.441. The van der Waals surface area contributed by atoms with E-state index in [1.807, 2.05) is 31.6 Å². The van der Waals surface area contributed by atoms with Gasteiger partial charge in [-0.15, -0.1) is 23.1 Å². The second-order valence-electron chi connectivity index (χ2n) is 6.24. The van der Waals surface area contributed by atoms with E-state index in [4.69, 9.17) is 11.6 Å². The molecule has 3 rings (SSSR count). The van der Waals surface area contributed by atoms with E-state index in [9.17, 15) is 9.59 Å². The van der Waals surface area contributed by atoms with Crippen LogP contribution in [0.4, 0.5) is 5.69 Å². The Bertz CT molecular complexity index is 796. The normalized spacial score (nSPS) is 17.5. The number of carbonyl (C=O) groups is 2. The first-order chi connectivity index (χ1) is 12.4. The number of thiophene rings is 1. The molecule has 1 aliphatic heterocycles. The van der Waals surface area contributed by atoms with E-state index in [1.54, 1.807) is 23.5 Å². The first kappa shape index (κ1) is 19.2. The molecule has 1 aliphatic rings. The quantitative estimate of drug-likeness (QED) is 0.764. The smallest absolute Gasteiger partial charge is 0.238 e. The number of likely N-dealkylation sites (N-methyl/N-ethyl adjacent to an activating group) is 1. The molecular formula is C18H20ClN3O2S2. The molecule has 26 heavy (non-hydrogen) atoms. The van der Waals surface area contributed by atoms with Crippen molar-refractivity contribution in [3.05, 3.63) is 45.6 Å². The lowest BCUT2D eigenvalue weighted by Gasteiger charge is -2.25. The van der Waals surface area contributed by atoms with Gasteiger partial charge in [0.05, 0.1) is 17.0 Å². The van der Waals surface area contributed by atoms with E-state index >= 15 is 0 Å². The van der Waals surface area contributed by atoms with Crippen molar-refractivity contribution in [1.29, 1.82) is 0 Å². The summed E-state index contributed by atoms with van der Waals surface area (Å²) in [5, 5.41) is 7.96. The number of carbonyl (C=O) groups excluding carboxylic acids is 2. The van der Waals surface area contributed by atoms with Gasteiger partial charge in [-0.3, -0.25) is 9.59 Å². The van der Waals surface area contributed by atoms with Crippen LogP contribution in [0.2, 0.25) is 5.02 Å². The van der Waals surface area contributed by atoms with Crippen molar-refractivity contribution in [2.24, 2.45) is 0 Å². The third kappa shape index (κ3) is 4.59. The number of amides is 2.